The summed E-state index contributed by atoms with van der Waals surface area (Å²) in [6.45, 7) is 2.05. The van der Waals surface area contributed by atoms with Crippen molar-refractivity contribution < 1.29 is 27.6 Å². The maximum Gasteiger partial charge on any atom is 0.416 e. The first kappa shape index (κ1) is 19.9. The van der Waals surface area contributed by atoms with Crippen LogP contribution < -0.4 is 5.32 Å². The second-order valence-corrected chi connectivity index (χ2v) is 6.37. The molecule has 26 heavy (non-hydrogen) atoms. The van der Waals surface area contributed by atoms with Crippen LogP contribution in [0.5, 0.6) is 0 Å². The minimum Gasteiger partial charge on any atom is -0.354 e. The van der Waals surface area contributed by atoms with E-state index in [1.807, 2.05) is 0 Å². The number of halogens is 3. The fourth-order valence-corrected chi connectivity index (χ4v) is 2.83. The van der Waals surface area contributed by atoms with E-state index in [2.05, 4.69) is 5.32 Å². The molecule has 1 saturated heterocycles. The SMILES string of the molecule is C[C@@H](CC(=O)NCCN1C(=O)CCCC1=O)c1ccc(C(F)(F)F)cc1. The number of nitrogens with one attached hydrogen (secondary N) is 1. The highest BCUT2D eigenvalue weighted by molar-refractivity contribution is 5.97. The zero-order chi connectivity index (χ0) is 19.3. The van der Waals surface area contributed by atoms with E-state index in [1.165, 1.54) is 12.1 Å². The van der Waals surface area contributed by atoms with Crippen LogP contribution in [0.1, 0.15) is 49.7 Å². The fourth-order valence-electron chi connectivity index (χ4n) is 2.83. The molecule has 8 heteroatoms. The van der Waals surface area contributed by atoms with E-state index in [0.717, 1.165) is 17.0 Å². The van der Waals surface area contributed by atoms with Crippen LogP contribution in [0.15, 0.2) is 24.3 Å². The zero-order valence-electron chi connectivity index (χ0n) is 14.4. The van der Waals surface area contributed by atoms with E-state index < -0.39 is 11.7 Å². The van der Waals surface area contributed by atoms with E-state index in [1.54, 1.807) is 6.92 Å². The van der Waals surface area contributed by atoms with Gasteiger partial charge in [-0.1, -0.05) is 19.1 Å². The number of hydrogen-bond donors (Lipinski definition) is 1. The number of rotatable bonds is 6. The van der Waals surface area contributed by atoms with E-state index in [0.29, 0.717) is 24.8 Å². The third kappa shape index (κ3) is 5.31. The number of nitrogens with zero attached hydrogens (tertiary/aromatic N) is 1. The van der Waals surface area contributed by atoms with Gasteiger partial charge in [0.25, 0.3) is 0 Å². The van der Waals surface area contributed by atoms with Crippen LogP contribution in [0.25, 0.3) is 0 Å². The molecule has 2 rings (SSSR count). The monoisotopic (exact) mass is 370 g/mol. The summed E-state index contributed by atoms with van der Waals surface area (Å²) >= 11 is 0. The van der Waals surface area contributed by atoms with Crippen molar-refractivity contribution >= 4 is 17.7 Å². The minimum absolute atomic E-state index is 0.104. The third-order valence-corrected chi connectivity index (χ3v) is 4.34. The number of likely N-dealkylation sites (tertiary alicyclic amines) is 1. The van der Waals surface area contributed by atoms with Gasteiger partial charge < -0.3 is 5.32 Å². The van der Waals surface area contributed by atoms with E-state index >= 15 is 0 Å². The molecule has 5 nitrogen and oxygen atoms in total. The quantitative estimate of drug-likeness (QED) is 0.783. The topological polar surface area (TPSA) is 66.5 Å². The molecule has 1 heterocycles. The van der Waals surface area contributed by atoms with Crippen LogP contribution in [0.4, 0.5) is 13.2 Å². The standard InChI is InChI=1S/C18H21F3N2O3/c1-12(13-5-7-14(8-6-13)18(19,20)21)11-15(24)22-9-10-23-16(25)3-2-4-17(23)26/h5-8,12H,2-4,9-11H2,1H3,(H,22,24)/t12-/m0/s1. The molecule has 1 fully saturated rings. The summed E-state index contributed by atoms with van der Waals surface area (Å²) in [5.74, 6) is -0.993. The van der Waals surface area contributed by atoms with Crippen LogP contribution in [0.2, 0.25) is 0 Å². The molecule has 0 aliphatic carbocycles. The predicted octanol–water partition coefficient (Wildman–Crippen LogP) is 2.85. The van der Waals surface area contributed by atoms with E-state index in [-0.39, 0.29) is 43.1 Å². The minimum atomic E-state index is -4.39. The van der Waals surface area contributed by atoms with Gasteiger partial charge in [-0.25, -0.2) is 0 Å². The van der Waals surface area contributed by atoms with Crippen molar-refractivity contribution in [2.45, 2.75) is 44.7 Å². The summed E-state index contributed by atoms with van der Waals surface area (Å²) in [6, 6.07) is 4.73. The van der Waals surface area contributed by atoms with Gasteiger partial charge >= 0.3 is 6.18 Å². The van der Waals surface area contributed by atoms with Crippen LogP contribution in [-0.2, 0) is 20.6 Å². The lowest BCUT2D eigenvalue weighted by molar-refractivity contribution is -0.148. The van der Waals surface area contributed by atoms with Gasteiger partial charge in [-0.3, -0.25) is 19.3 Å². The molecular formula is C18H21F3N2O3. The first-order valence-electron chi connectivity index (χ1n) is 8.45. The number of carbonyl (C=O) groups excluding carboxylic acids is 3. The Labute approximate surface area is 149 Å². The molecule has 1 atom stereocenters. The van der Waals surface area contributed by atoms with Gasteiger partial charge in [0.05, 0.1) is 5.56 Å². The average Bonchev–Trinajstić information content (AvgIpc) is 2.57. The molecule has 0 spiro atoms. The van der Waals surface area contributed by atoms with Gasteiger partial charge in [0.15, 0.2) is 0 Å². The van der Waals surface area contributed by atoms with Gasteiger partial charge in [0.2, 0.25) is 17.7 Å². The lowest BCUT2D eigenvalue weighted by Gasteiger charge is -2.24. The Hall–Kier alpha value is -2.38. The van der Waals surface area contributed by atoms with Crippen molar-refractivity contribution in [3.63, 3.8) is 0 Å². The lowest BCUT2D eigenvalue weighted by atomic mass is 9.96. The molecule has 1 aliphatic heterocycles. The van der Waals surface area contributed by atoms with Crippen LogP contribution >= 0.6 is 0 Å². The highest BCUT2D eigenvalue weighted by Gasteiger charge is 2.30. The Bertz CT molecular complexity index is 655. The van der Waals surface area contributed by atoms with Crippen LogP contribution in [0, 0.1) is 0 Å². The van der Waals surface area contributed by atoms with Crippen LogP contribution in [-0.4, -0.2) is 35.7 Å². The highest BCUT2D eigenvalue weighted by Crippen LogP contribution is 2.30. The van der Waals surface area contributed by atoms with Crippen molar-refractivity contribution in [1.82, 2.24) is 10.2 Å². The molecule has 1 N–H and O–H groups in total. The summed E-state index contributed by atoms with van der Waals surface area (Å²) in [4.78, 5) is 36.4. The molecule has 0 bridgehead atoms. The molecule has 142 valence electrons. The number of amides is 3. The van der Waals surface area contributed by atoms with Crippen molar-refractivity contribution in [2.24, 2.45) is 0 Å². The Morgan fingerprint density at radius 1 is 1.15 bits per heavy atom. The highest BCUT2D eigenvalue weighted by atomic mass is 19.4. The first-order valence-corrected chi connectivity index (χ1v) is 8.45. The molecule has 0 radical (unpaired) electrons. The largest absolute Gasteiger partial charge is 0.416 e. The van der Waals surface area contributed by atoms with Gasteiger partial charge in [0, 0.05) is 32.4 Å². The van der Waals surface area contributed by atoms with Crippen molar-refractivity contribution in [3.8, 4) is 0 Å². The molecule has 1 aromatic carbocycles. The Kier molecular flexibility index (Phi) is 6.39. The average molecular weight is 370 g/mol. The molecule has 1 aromatic rings. The maximum atomic E-state index is 12.6. The number of hydrogen-bond acceptors (Lipinski definition) is 3. The summed E-state index contributed by atoms with van der Waals surface area (Å²) in [6.07, 6.45) is -3.05. The zero-order valence-corrected chi connectivity index (χ0v) is 14.4. The third-order valence-electron chi connectivity index (χ3n) is 4.34. The molecule has 3 amide bonds. The smallest absolute Gasteiger partial charge is 0.354 e. The van der Waals surface area contributed by atoms with Gasteiger partial charge in [-0.2, -0.15) is 13.2 Å². The Morgan fingerprint density at radius 2 is 1.73 bits per heavy atom. The van der Waals surface area contributed by atoms with Gasteiger partial charge in [0.1, 0.15) is 0 Å². The summed E-state index contributed by atoms with van der Waals surface area (Å²) in [7, 11) is 0. The predicted molar refractivity (Wildman–Crippen MR) is 88.1 cm³/mol. The van der Waals surface area contributed by atoms with Gasteiger partial charge in [-0.05, 0) is 30.0 Å². The molecule has 0 saturated carbocycles. The van der Waals surface area contributed by atoms with Crippen LogP contribution in [0.3, 0.4) is 0 Å². The normalized spacial score (nSPS) is 16.5. The van der Waals surface area contributed by atoms with E-state index in [4.69, 9.17) is 0 Å². The number of alkyl halides is 3. The molecule has 0 unspecified atom stereocenters. The molecular weight excluding hydrogens is 349 g/mol. The lowest BCUT2D eigenvalue weighted by Crippen LogP contribution is -2.44. The summed E-state index contributed by atoms with van der Waals surface area (Å²) < 4.78 is 37.7. The molecule has 0 aromatic heterocycles. The Balaban J connectivity index is 1.80. The van der Waals surface area contributed by atoms with Crippen molar-refractivity contribution in [1.29, 1.82) is 0 Å². The summed E-state index contributed by atoms with van der Waals surface area (Å²) in [5.41, 5.74) is -0.0942. The number of piperidine rings is 1. The second kappa shape index (κ2) is 8.33. The fraction of sp³-hybridized carbons (Fsp3) is 0.500. The van der Waals surface area contributed by atoms with Gasteiger partial charge in [-0.15, -0.1) is 0 Å². The molecule has 1 aliphatic rings. The van der Waals surface area contributed by atoms with E-state index in [9.17, 15) is 27.6 Å². The van der Waals surface area contributed by atoms with Crippen molar-refractivity contribution in [3.05, 3.63) is 35.4 Å². The number of imide groups is 1. The number of carbonyl (C=O) groups is 3. The maximum absolute atomic E-state index is 12.6. The summed E-state index contributed by atoms with van der Waals surface area (Å²) in [5, 5.41) is 2.64. The second-order valence-electron chi connectivity index (χ2n) is 6.37. The number of benzene rings is 1. The Morgan fingerprint density at radius 3 is 2.27 bits per heavy atom. The van der Waals surface area contributed by atoms with Crippen molar-refractivity contribution in [2.75, 3.05) is 13.1 Å². The first-order chi connectivity index (χ1) is 12.2.